The van der Waals surface area contributed by atoms with E-state index in [1.54, 1.807) is 37.3 Å². The third-order valence-corrected chi connectivity index (χ3v) is 6.22. The molecule has 0 radical (unpaired) electrons. The van der Waals surface area contributed by atoms with Gasteiger partial charge in [-0.05, 0) is 61.3 Å². The number of carbonyl (C=O) groups excluding carboxylic acids is 1. The summed E-state index contributed by atoms with van der Waals surface area (Å²) >= 11 is 0. The summed E-state index contributed by atoms with van der Waals surface area (Å²) < 4.78 is 31.9. The van der Waals surface area contributed by atoms with Crippen molar-refractivity contribution in [2.24, 2.45) is 5.18 Å². The number of para-hydroxylation sites is 1. The lowest BCUT2D eigenvalue weighted by molar-refractivity contribution is -0.147. The first kappa shape index (κ1) is 20.0. The highest BCUT2D eigenvalue weighted by Gasteiger charge is 2.47. The van der Waals surface area contributed by atoms with E-state index in [0.717, 1.165) is 0 Å². The lowest BCUT2D eigenvalue weighted by Gasteiger charge is -2.30. The smallest absolute Gasteiger partial charge is 0.465 e. The first-order valence-electron chi connectivity index (χ1n) is 8.97. The summed E-state index contributed by atoms with van der Waals surface area (Å²) in [6, 6.07) is 13.8. The number of benzene rings is 2. The number of nitroso groups, excluding NO2 is 1. The molecule has 2 aromatic carbocycles. The summed E-state index contributed by atoms with van der Waals surface area (Å²) in [7, 11) is -3.94. The van der Waals surface area contributed by atoms with E-state index in [1.165, 1.54) is 28.9 Å². The van der Waals surface area contributed by atoms with Gasteiger partial charge < -0.3 is 13.8 Å². The summed E-state index contributed by atoms with van der Waals surface area (Å²) in [4.78, 5) is 23.0. The highest BCUT2D eigenvalue weighted by molar-refractivity contribution is 7.52. The molecule has 2 aromatic rings. The van der Waals surface area contributed by atoms with Gasteiger partial charge >= 0.3 is 13.7 Å². The minimum atomic E-state index is -3.94. The monoisotopic (exact) mass is 404 g/mol. The molecule has 148 valence electrons. The maximum atomic E-state index is 13.8. The molecular formula is C19H21N2O6P. The molecule has 0 spiro atoms. The van der Waals surface area contributed by atoms with Crippen LogP contribution in [0.25, 0.3) is 0 Å². The summed E-state index contributed by atoms with van der Waals surface area (Å²) in [5.74, 6) is 0.133. The van der Waals surface area contributed by atoms with Crippen molar-refractivity contribution in [2.45, 2.75) is 25.8 Å². The summed E-state index contributed by atoms with van der Waals surface area (Å²) in [5.41, 5.74) is 0.219. The van der Waals surface area contributed by atoms with Crippen LogP contribution in [-0.4, -0.2) is 29.8 Å². The molecule has 1 unspecified atom stereocenters. The third kappa shape index (κ3) is 4.58. The average molecular weight is 404 g/mol. The zero-order valence-corrected chi connectivity index (χ0v) is 16.3. The fraction of sp³-hybridized carbons (Fsp3) is 0.316. The Morgan fingerprint density at radius 1 is 1.11 bits per heavy atom. The van der Waals surface area contributed by atoms with Gasteiger partial charge in [0.2, 0.25) is 0 Å². The Hall–Kier alpha value is -2.70. The second-order valence-electron chi connectivity index (χ2n) is 6.12. The van der Waals surface area contributed by atoms with E-state index < -0.39 is 19.8 Å². The lowest BCUT2D eigenvalue weighted by Crippen LogP contribution is -2.37. The Morgan fingerprint density at radius 3 is 2.36 bits per heavy atom. The molecule has 28 heavy (non-hydrogen) atoms. The Kier molecular flexibility index (Phi) is 6.44. The van der Waals surface area contributed by atoms with Crippen LogP contribution in [0.1, 0.15) is 19.8 Å². The molecule has 1 fully saturated rings. The molecule has 3 rings (SSSR count). The molecule has 0 amide bonds. The largest absolute Gasteiger partial charge is 0.516 e. The molecule has 0 bridgehead atoms. The zero-order valence-electron chi connectivity index (χ0n) is 15.4. The average Bonchev–Trinajstić information content (AvgIpc) is 3.20. The van der Waals surface area contributed by atoms with E-state index in [1.807, 2.05) is 0 Å². The molecule has 8 nitrogen and oxygen atoms in total. The maximum Gasteiger partial charge on any atom is 0.516 e. The first-order valence-corrected chi connectivity index (χ1v) is 10.5. The fourth-order valence-electron chi connectivity index (χ4n) is 2.96. The Balaban J connectivity index is 1.92. The number of hydrogen-bond donors (Lipinski definition) is 0. The minimum Gasteiger partial charge on any atom is -0.465 e. The number of nitrogens with zero attached hydrogens (tertiary/aromatic N) is 2. The number of carbonyl (C=O) groups is 1. The van der Waals surface area contributed by atoms with Crippen LogP contribution in [0.15, 0.2) is 59.8 Å². The topological polar surface area (TPSA) is 94.5 Å². The molecule has 1 heterocycles. The first-order chi connectivity index (χ1) is 13.6. The molecule has 1 aliphatic rings. The van der Waals surface area contributed by atoms with Gasteiger partial charge in [-0.15, -0.1) is 4.91 Å². The molecular weight excluding hydrogens is 383 g/mol. The molecule has 0 saturated carbocycles. The van der Waals surface area contributed by atoms with Crippen molar-refractivity contribution in [3.8, 4) is 11.5 Å². The SMILES string of the molecule is CCOC(=O)[C@@H]1CCCN1P(=O)(Oc1ccccc1)Oc1ccc(N=O)cc1. The lowest BCUT2D eigenvalue weighted by atomic mass is 10.2. The molecule has 2 atom stereocenters. The van der Waals surface area contributed by atoms with E-state index in [2.05, 4.69) is 5.18 Å². The van der Waals surface area contributed by atoms with Crippen LogP contribution in [0, 0.1) is 4.91 Å². The normalized spacial score (nSPS) is 18.8. The van der Waals surface area contributed by atoms with Gasteiger partial charge in [0.1, 0.15) is 23.2 Å². The van der Waals surface area contributed by atoms with Crippen molar-refractivity contribution in [1.29, 1.82) is 0 Å². The molecule has 0 N–H and O–H groups in total. The summed E-state index contributed by atoms with van der Waals surface area (Å²) in [6.45, 7) is 2.31. The maximum absolute atomic E-state index is 13.8. The summed E-state index contributed by atoms with van der Waals surface area (Å²) in [5, 5.41) is 2.83. The van der Waals surface area contributed by atoms with E-state index in [9.17, 15) is 14.3 Å². The van der Waals surface area contributed by atoms with E-state index in [4.69, 9.17) is 13.8 Å². The van der Waals surface area contributed by atoms with Gasteiger partial charge in [0.05, 0.1) is 6.61 Å². The number of rotatable bonds is 8. The van der Waals surface area contributed by atoms with Crippen LogP contribution in [0.5, 0.6) is 11.5 Å². The van der Waals surface area contributed by atoms with Gasteiger partial charge in [-0.1, -0.05) is 18.2 Å². The number of ether oxygens (including phenoxy) is 1. The molecule has 1 aliphatic heterocycles. The molecule has 1 saturated heterocycles. The van der Waals surface area contributed by atoms with Crippen LogP contribution < -0.4 is 9.05 Å². The van der Waals surface area contributed by atoms with Crippen molar-refractivity contribution >= 4 is 19.4 Å². The van der Waals surface area contributed by atoms with Crippen LogP contribution in [0.4, 0.5) is 5.69 Å². The molecule has 9 heteroatoms. The van der Waals surface area contributed by atoms with Crippen molar-refractivity contribution in [2.75, 3.05) is 13.2 Å². The Morgan fingerprint density at radius 2 is 1.75 bits per heavy atom. The predicted octanol–water partition coefficient (Wildman–Crippen LogP) is 4.68. The van der Waals surface area contributed by atoms with Crippen molar-refractivity contribution in [3.63, 3.8) is 0 Å². The molecule has 0 aromatic heterocycles. The van der Waals surface area contributed by atoms with Gasteiger partial charge in [0, 0.05) is 6.54 Å². The van der Waals surface area contributed by atoms with Crippen LogP contribution >= 0.6 is 7.75 Å². The highest BCUT2D eigenvalue weighted by atomic mass is 31.2. The van der Waals surface area contributed by atoms with Crippen LogP contribution in [0.3, 0.4) is 0 Å². The van der Waals surface area contributed by atoms with Crippen LogP contribution in [-0.2, 0) is 14.1 Å². The second-order valence-corrected chi connectivity index (χ2v) is 7.94. The van der Waals surface area contributed by atoms with Crippen molar-refractivity contribution in [1.82, 2.24) is 4.67 Å². The Bertz CT molecular complexity index is 858. The minimum absolute atomic E-state index is 0.219. The van der Waals surface area contributed by atoms with Gasteiger partial charge in [0.15, 0.2) is 0 Å². The number of esters is 1. The highest BCUT2D eigenvalue weighted by Crippen LogP contribution is 2.55. The van der Waals surface area contributed by atoms with E-state index in [0.29, 0.717) is 25.1 Å². The summed E-state index contributed by atoms with van der Waals surface area (Å²) in [6.07, 6.45) is 1.15. The van der Waals surface area contributed by atoms with Gasteiger partial charge in [-0.2, -0.15) is 4.67 Å². The fourth-order valence-corrected chi connectivity index (χ4v) is 4.92. The van der Waals surface area contributed by atoms with E-state index in [-0.39, 0.29) is 18.0 Å². The quantitative estimate of drug-likeness (QED) is 0.358. The third-order valence-electron chi connectivity index (χ3n) is 4.22. The predicted molar refractivity (Wildman–Crippen MR) is 104 cm³/mol. The Labute approximate surface area is 163 Å². The number of hydrogen-bond acceptors (Lipinski definition) is 7. The van der Waals surface area contributed by atoms with Gasteiger partial charge in [0.25, 0.3) is 0 Å². The molecule has 0 aliphatic carbocycles. The van der Waals surface area contributed by atoms with Gasteiger partial charge in [-0.25, -0.2) is 4.57 Å². The standard InChI is InChI=1S/C19H21N2O6P/c1-2-25-19(22)18-9-6-14-21(18)28(24,26-16-7-4-3-5-8-16)27-17-12-10-15(20-23)11-13-17/h3-5,7-8,10-13,18H,2,6,9,14H2,1H3/t18-,28?/m0/s1. The second kappa shape index (κ2) is 8.99. The van der Waals surface area contributed by atoms with E-state index >= 15 is 0 Å². The van der Waals surface area contributed by atoms with Crippen molar-refractivity contribution < 1.29 is 23.1 Å². The van der Waals surface area contributed by atoms with Crippen molar-refractivity contribution in [3.05, 3.63) is 59.5 Å². The van der Waals surface area contributed by atoms with Gasteiger partial charge in [-0.3, -0.25) is 4.79 Å². The van der Waals surface area contributed by atoms with Crippen LogP contribution in [0.2, 0.25) is 0 Å². The zero-order chi connectivity index (χ0) is 20.0.